The van der Waals surface area contributed by atoms with Crippen molar-refractivity contribution in [3.63, 3.8) is 0 Å². The van der Waals surface area contributed by atoms with E-state index in [0.29, 0.717) is 10.8 Å². The predicted molar refractivity (Wildman–Crippen MR) is 104 cm³/mol. The molecule has 130 valence electrons. The van der Waals surface area contributed by atoms with Crippen LogP contribution in [0.2, 0.25) is 20.1 Å². The van der Waals surface area contributed by atoms with Crippen molar-refractivity contribution in [3.05, 3.63) is 37.2 Å². The Labute approximate surface area is 167 Å². The number of amides is 1. The molecule has 0 spiro atoms. The Morgan fingerprint density at radius 1 is 1.21 bits per heavy atom. The van der Waals surface area contributed by atoms with Gasteiger partial charge in [0.05, 0.1) is 37.9 Å². The Hall–Kier alpha value is -0.960. The molecule has 1 amide bonds. The molecule has 2 rings (SSSR count). The van der Waals surface area contributed by atoms with Crippen LogP contribution in [0.5, 0.6) is 0 Å². The van der Waals surface area contributed by atoms with Crippen LogP contribution in [0.3, 0.4) is 0 Å². The van der Waals surface area contributed by atoms with Crippen LogP contribution in [0.4, 0.5) is 10.8 Å². The van der Waals surface area contributed by atoms with E-state index in [1.165, 1.54) is 17.4 Å². The molecule has 0 aliphatic heterocycles. The summed E-state index contributed by atoms with van der Waals surface area (Å²) in [6, 6.07) is 1.39. The van der Waals surface area contributed by atoms with Crippen LogP contribution < -0.4 is 16.8 Å². The highest BCUT2D eigenvalue weighted by Crippen LogP contribution is 2.41. The lowest BCUT2D eigenvalue weighted by Crippen LogP contribution is -2.21. The molecule has 0 aliphatic rings. The van der Waals surface area contributed by atoms with E-state index < -0.39 is 5.91 Å². The number of aliphatic imine (C=N–C) groups is 1. The van der Waals surface area contributed by atoms with Gasteiger partial charge in [-0.15, -0.1) is 23.7 Å². The van der Waals surface area contributed by atoms with Crippen LogP contribution in [0, 0.1) is 0 Å². The fraction of sp³-hybridized carbons (Fsp3) is 0.0833. The van der Waals surface area contributed by atoms with E-state index in [1.54, 1.807) is 5.38 Å². The number of nitrogens with zero attached hydrogens (tertiary/aromatic N) is 2. The van der Waals surface area contributed by atoms with Gasteiger partial charge in [-0.2, -0.15) is 4.99 Å². The predicted octanol–water partition coefficient (Wildman–Crippen LogP) is 4.26. The zero-order valence-electron chi connectivity index (χ0n) is 11.6. The number of nitrogens with two attached hydrogens (primary N) is 2. The standard InChI is InChI=1S/C12H9Cl4N5OS.ClH/c13-5-2-6(14)9(16)10(8(5)15)20-7(22)1-4-3-23-12(19-4)21-11(17)18;/h2-3H,1H2,(H,20,22)(H4,17,18,19,21);1H. The highest BCUT2D eigenvalue weighted by atomic mass is 35.5. The molecule has 0 unspecified atom stereocenters. The highest BCUT2D eigenvalue weighted by Gasteiger charge is 2.17. The van der Waals surface area contributed by atoms with E-state index in [4.69, 9.17) is 57.9 Å². The lowest BCUT2D eigenvalue weighted by atomic mass is 10.2. The quantitative estimate of drug-likeness (QED) is 0.368. The van der Waals surface area contributed by atoms with Gasteiger partial charge in [-0.1, -0.05) is 46.4 Å². The molecule has 2 aromatic rings. The van der Waals surface area contributed by atoms with Crippen molar-refractivity contribution in [1.82, 2.24) is 4.98 Å². The maximum absolute atomic E-state index is 12.1. The summed E-state index contributed by atoms with van der Waals surface area (Å²) in [4.78, 5) is 20.0. The summed E-state index contributed by atoms with van der Waals surface area (Å²) in [6.45, 7) is 0. The summed E-state index contributed by atoms with van der Waals surface area (Å²) >= 11 is 25.1. The molecule has 5 N–H and O–H groups in total. The SMILES string of the molecule is Cl.NC(N)=Nc1nc(CC(=O)Nc2c(Cl)c(Cl)cc(Cl)c2Cl)cs1. The zero-order chi connectivity index (χ0) is 17.1. The molecule has 0 saturated heterocycles. The molecule has 0 aliphatic carbocycles. The number of halogens is 5. The van der Waals surface area contributed by atoms with Gasteiger partial charge >= 0.3 is 0 Å². The molecule has 24 heavy (non-hydrogen) atoms. The van der Waals surface area contributed by atoms with Gasteiger partial charge in [0, 0.05) is 5.38 Å². The number of hydrogen-bond donors (Lipinski definition) is 3. The first-order valence-electron chi connectivity index (χ1n) is 5.94. The molecule has 12 heteroatoms. The van der Waals surface area contributed by atoms with Crippen LogP contribution in [-0.4, -0.2) is 16.9 Å². The second kappa shape index (κ2) is 8.94. The molecular weight excluding hydrogens is 439 g/mol. The first-order valence-corrected chi connectivity index (χ1v) is 8.34. The molecule has 1 aromatic carbocycles. The minimum atomic E-state index is -0.395. The van der Waals surface area contributed by atoms with Crippen LogP contribution in [-0.2, 0) is 11.2 Å². The average Bonchev–Trinajstić information content (AvgIpc) is 2.87. The third-order valence-corrected chi connectivity index (χ3v) is 4.84. The van der Waals surface area contributed by atoms with Crippen molar-refractivity contribution in [2.24, 2.45) is 16.5 Å². The van der Waals surface area contributed by atoms with Gasteiger partial charge in [0.15, 0.2) is 5.96 Å². The smallest absolute Gasteiger partial charge is 0.230 e. The number of rotatable bonds is 4. The van der Waals surface area contributed by atoms with E-state index in [0.717, 1.165) is 0 Å². The Morgan fingerprint density at radius 3 is 2.33 bits per heavy atom. The maximum atomic E-state index is 12.1. The van der Waals surface area contributed by atoms with E-state index in [9.17, 15) is 4.79 Å². The number of guanidine groups is 1. The van der Waals surface area contributed by atoms with Crippen LogP contribution >= 0.6 is 70.1 Å². The average molecular weight is 450 g/mol. The summed E-state index contributed by atoms with van der Waals surface area (Å²) in [5, 5.41) is 5.16. The van der Waals surface area contributed by atoms with Crippen molar-refractivity contribution in [2.45, 2.75) is 6.42 Å². The minimum Gasteiger partial charge on any atom is -0.370 e. The number of nitrogens with one attached hydrogen (secondary N) is 1. The summed E-state index contributed by atoms with van der Waals surface area (Å²) in [5.74, 6) is -0.504. The van der Waals surface area contributed by atoms with E-state index in [1.807, 2.05) is 0 Å². The van der Waals surface area contributed by atoms with Crippen molar-refractivity contribution >= 4 is 92.8 Å². The number of carbonyl (C=O) groups is 1. The number of benzene rings is 1. The molecule has 1 aromatic heterocycles. The molecule has 0 saturated carbocycles. The third-order valence-electron chi connectivity index (χ3n) is 2.48. The molecular formula is C12H10Cl5N5OS. The van der Waals surface area contributed by atoms with Gasteiger partial charge in [-0.3, -0.25) is 4.79 Å². The number of anilines is 1. The van der Waals surface area contributed by atoms with E-state index >= 15 is 0 Å². The van der Waals surface area contributed by atoms with Gasteiger partial charge in [0.2, 0.25) is 11.0 Å². The summed E-state index contributed by atoms with van der Waals surface area (Å²) in [5.41, 5.74) is 11.2. The van der Waals surface area contributed by atoms with Gasteiger partial charge in [0.1, 0.15) is 0 Å². The monoisotopic (exact) mass is 447 g/mol. The maximum Gasteiger partial charge on any atom is 0.230 e. The topological polar surface area (TPSA) is 106 Å². The molecule has 6 nitrogen and oxygen atoms in total. The second-order valence-corrected chi connectivity index (χ2v) is 6.63. The molecule has 0 fully saturated rings. The van der Waals surface area contributed by atoms with E-state index in [-0.39, 0.29) is 50.6 Å². The van der Waals surface area contributed by atoms with Crippen molar-refractivity contribution in [1.29, 1.82) is 0 Å². The third kappa shape index (κ3) is 5.27. The fourth-order valence-electron chi connectivity index (χ4n) is 1.57. The molecule has 0 atom stereocenters. The minimum absolute atomic E-state index is 0. The van der Waals surface area contributed by atoms with E-state index in [2.05, 4.69) is 15.3 Å². The first-order chi connectivity index (χ1) is 10.8. The summed E-state index contributed by atoms with van der Waals surface area (Å²) in [6.07, 6.45) is -0.0205. The number of aromatic nitrogens is 1. The highest BCUT2D eigenvalue weighted by molar-refractivity contribution is 7.13. The Bertz CT molecular complexity index is 764. The normalized spacial score (nSPS) is 10.0. The largest absolute Gasteiger partial charge is 0.370 e. The zero-order valence-corrected chi connectivity index (χ0v) is 16.3. The lowest BCUT2D eigenvalue weighted by Gasteiger charge is -2.11. The molecule has 0 radical (unpaired) electrons. The summed E-state index contributed by atoms with van der Waals surface area (Å²) < 4.78 is 0. The fourth-order valence-corrected chi connectivity index (χ4v) is 3.18. The van der Waals surface area contributed by atoms with Crippen molar-refractivity contribution < 1.29 is 4.79 Å². The van der Waals surface area contributed by atoms with Gasteiger partial charge in [-0.05, 0) is 6.07 Å². The Kier molecular flexibility index (Phi) is 7.85. The van der Waals surface area contributed by atoms with Crippen molar-refractivity contribution in [3.8, 4) is 0 Å². The van der Waals surface area contributed by atoms with Gasteiger partial charge < -0.3 is 16.8 Å². The number of hydrogen-bond acceptors (Lipinski definition) is 4. The van der Waals surface area contributed by atoms with Crippen LogP contribution in [0.25, 0.3) is 0 Å². The number of thiazole rings is 1. The first kappa shape index (κ1) is 21.1. The van der Waals surface area contributed by atoms with Crippen LogP contribution in [0.1, 0.15) is 5.69 Å². The Morgan fingerprint density at radius 2 is 1.79 bits per heavy atom. The summed E-state index contributed by atoms with van der Waals surface area (Å²) in [7, 11) is 0. The van der Waals surface area contributed by atoms with Gasteiger partial charge in [0.25, 0.3) is 0 Å². The number of carbonyl (C=O) groups excluding carboxylic acids is 1. The van der Waals surface area contributed by atoms with Crippen molar-refractivity contribution in [2.75, 3.05) is 5.32 Å². The molecule has 1 heterocycles. The van der Waals surface area contributed by atoms with Gasteiger partial charge in [-0.25, -0.2) is 4.98 Å². The molecule has 0 bridgehead atoms. The Balaban J connectivity index is 0.00000288. The second-order valence-electron chi connectivity index (χ2n) is 4.23. The lowest BCUT2D eigenvalue weighted by molar-refractivity contribution is -0.115. The van der Waals surface area contributed by atoms with Crippen LogP contribution in [0.15, 0.2) is 16.4 Å².